The van der Waals surface area contributed by atoms with Gasteiger partial charge in [-0.25, -0.2) is 9.97 Å². The molecular weight excluding hydrogens is 194 g/mol. The summed E-state index contributed by atoms with van der Waals surface area (Å²) in [5, 5.41) is 3.82. The zero-order valence-electron chi connectivity index (χ0n) is 8.37. The first-order valence-corrected chi connectivity index (χ1v) is 5.59. The molecule has 1 N–H and O–H groups in total. The van der Waals surface area contributed by atoms with Crippen molar-refractivity contribution in [1.82, 2.24) is 15.3 Å². The second-order valence-corrected chi connectivity index (χ2v) is 3.39. The highest BCUT2D eigenvalue weighted by Gasteiger charge is 1.91. The quantitative estimate of drug-likeness (QED) is 0.349. The molecule has 3 nitrogen and oxygen atoms in total. The Morgan fingerprint density at radius 3 is 2.71 bits per heavy atom. The van der Waals surface area contributed by atoms with Gasteiger partial charge in [-0.2, -0.15) is 0 Å². The summed E-state index contributed by atoms with van der Waals surface area (Å²) in [4.78, 5) is 8.26. The van der Waals surface area contributed by atoms with Crippen molar-refractivity contribution in [1.29, 1.82) is 0 Å². The van der Waals surface area contributed by atoms with Crippen molar-refractivity contribution in [2.75, 3.05) is 19.8 Å². The van der Waals surface area contributed by atoms with E-state index >= 15 is 0 Å². The lowest BCUT2D eigenvalue weighted by atomic mass is 10.3. The Kier molecular flexibility index (Phi) is 5.05. The van der Waals surface area contributed by atoms with E-state index in [0.717, 1.165) is 23.7 Å². The van der Waals surface area contributed by atoms with E-state index in [1.54, 1.807) is 12.4 Å². The second-order valence-electron chi connectivity index (χ2n) is 2.61. The lowest BCUT2D eigenvalue weighted by Gasteiger charge is -1.92. The highest BCUT2D eigenvalue weighted by molar-refractivity contribution is 7.98. The number of rotatable bonds is 3. The topological polar surface area (TPSA) is 37.8 Å². The summed E-state index contributed by atoms with van der Waals surface area (Å²) >= 11 is 1.53. The summed E-state index contributed by atoms with van der Waals surface area (Å²) in [7, 11) is 1.91. The van der Waals surface area contributed by atoms with Gasteiger partial charge >= 0.3 is 0 Å². The third-order valence-electron chi connectivity index (χ3n) is 1.54. The predicted octanol–water partition coefficient (Wildman–Crippen LogP) is 1.16. The zero-order chi connectivity index (χ0) is 10.2. The van der Waals surface area contributed by atoms with Crippen LogP contribution in [-0.4, -0.2) is 29.8 Å². The van der Waals surface area contributed by atoms with Gasteiger partial charge in [0.25, 0.3) is 0 Å². The molecule has 4 heteroatoms. The first-order chi connectivity index (χ1) is 6.86. The molecule has 1 aromatic rings. The molecule has 74 valence electrons. The van der Waals surface area contributed by atoms with Crippen LogP contribution in [0.1, 0.15) is 12.0 Å². The first kappa shape index (κ1) is 11.0. The van der Waals surface area contributed by atoms with Crippen LogP contribution >= 0.6 is 11.8 Å². The van der Waals surface area contributed by atoms with Gasteiger partial charge in [-0.05, 0) is 13.3 Å². The van der Waals surface area contributed by atoms with Crippen molar-refractivity contribution in [3.05, 3.63) is 18.0 Å². The zero-order valence-corrected chi connectivity index (χ0v) is 9.19. The molecule has 0 spiro atoms. The van der Waals surface area contributed by atoms with Crippen molar-refractivity contribution in [3.63, 3.8) is 0 Å². The van der Waals surface area contributed by atoms with Crippen LogP contribution in [0.15, 0.2) is 17.6 Å². The maximum absolute atomic E-state index is 4.13. The molecule has 1 rings (SSSR count). The highest BCUT2D eigenvalue weighted by Crippen LogP contribution is 2.05. The molecule has 1 aromatic heterocycles. The van der Waals surface area contributed by atoms with Gasteiger partial charge in [0.15, 0.2) is 5.16 Å². The molecule has 0 atom stereocenters. The molecule has 0 aromatic carbocycles. The molecule has 0 unspecified atom stereocenters. The molecule has 0 saturated heterocycles. The number of nitrogens with zero attached hydrogens (tertiary/aromatic N) is 2. The van der Waals surface area contributed by atoms with E-state index in [0.29, 0.717) is 0 Å². The minimum atomic E-state index is 0.783. The fraction of sp³-hybridized carbons (Fsp3) is 0.400. The van der Waals surface area contributed by atoms with Gasteiger partial charge in [0, 0.05) is 25.4 Å². The summed E-state index contributed by atoms with van der Waals surface area (Å²) in [6.45, 7) is 0.913. The van der Waals surface area contributed by atoms with Crippen molar-refractivity contribution < 1.29 is 0 Å². The second kappa shape index (κ2) is 6.41. The van der Waals surface area contributed by atoms with Crippen molar-refractivity contribution in [2.24, 2.45) is 0 Å². The Morgan fingerprint density at radius 1 is 1.43 bits per heavy atom. The van der Waals surface area contributed by atoms with Crippen LogP contribution in [0.4, 0.5) is 0 Å². The van der Waals surface area contributed by atoms with Gasteiger partial charge in [0.05, 0.1) is 5.56 Å². The van der Waals surface area contributed by atoms with E-state index in [9.17, 15) is 0 Å². The highest BCUT2D eigenvalue weighted by atomic mass is 32.2. The average Bonchev–Trinajstić information content (AvgIpc) is 2.25. The fourth-order valence-corrected chi connectivity index (χ4v) is 1.15. The number of nitrogens with one attached hydrogen (secondary N) is 1. The molecule has 0 saturated carbocycles. The molecule has 1 heterocycles. The maximum atomic E-state index is 4.13. The lowest BCUT2D eigenvalue weighted by Crippen LogP contribution is -2.05. The largest absolute Gasteiger partial charge is 0.319 e. The summed E-state index contributed by atoms with van der Waals surface area (Å²) in [5.41, 5.74) is 0.874. The van der Waals surface area contributed by atoms with E-state index < -0.39 is 0 Å². The van der Waals surface area contributed by atoms with E-state index in [1.165, 1.54) is 11.8 Å². The smallest absolute Gasteiger partial charge is 0.187 e. The van der Waals surface area contributed by atoms with E-state index in [2.05, 4.69) is 27.1 Å². The summed E-state index contributed by atoms with van der Waals surface area (Å²) < 4.78 is 0. The molecule has 0 aliphatic rings. The number of thioether (sulfide) groups is 1. The van der Waals surface area contributed by atoms with Crippen LogP contribution in [0, 0.1) is 11.8 Å². The SMILES string of the molecule is CNCCC#Cc1cnc(SC)nc1. The third-order valence-corrected chi connectivity index (χ3v) is 2.12. The van der Waals surface area contributed by atoms with Crippen LogP contribution in [0.25, 0.3) is 0 Å². The molecule has 0 bridgehead atoms. The number of hydrogen-bond acceptors (Lipinski definition) is 4. The summed E-state index contributed by atoms with van der Waals surface area (Å²) in [6, 6.07) is 0. The molecule has 0 radical (unpaired) electrons. The van der Waals surface area contributed by atoms with Crippen molar-refractivity contribution in [2.45, 2.75) is 11.6 Å². The van der Waals surface area contributed by atoms with E-state index in [4.69, 9.17) is 0 Å². The molecule has 0 aliphatic heterocycles. The lowest BCUT2D eigenvalue weighted by molar-refractivity contribution is 0.818. The summed E-state index contributed by atoms with van der Waals surface area (Å²) in [6.07, 6.45) is 6.31. The predicted molar refractivity (Wildman–Crippen MR) is 59.2 cm³/mol. The third kappa shape index (κ3) is 3.77. The minimum Gasteiger partial charge on any atom is -0.319 e. The molecule has 0 fully saturated rings. The van der Waals surface area contributed by atoms with Gasteiger partial charge in [-0.3, -0.25) is 0 Å². The fourth-order valence-electron chi connectivity index (χ4n) is 0.838. The Bertz CT molecular complexity index is 323. The van der Waals surface area contributed by atoms with Crippen LogP contribution in [-0.2, 0) is 0 Å². The van der Waals surface area contributed by atoms with Gasteiger partial charge < -0.3 is 5.32 Å². The molecule has 14 heavy (non-hydrogen) atoms. The molecule has 0 amide bonds. The first-order valence-electron chi connectivity index (χ1n) is 4.36. The van der Waals surface area contributed by atoms with Gasteiger partial charge in [0.1, 0.15) is 0 Å². The molecule has 0 aliphatic carbocycles. The average molecular weight is 207 g/mol. The number of hydrogen-bond donors (Lipinski definition) is 1. The summed E-state index contributed by atoms with van der Waals surface area (Å²) in [5.74, 6) is 6.05. The normalized spacial score (nSPS) is 9.29. The van der Waals surface area contributed by atoms with Crippen LogP contribution in [0.2, 0.25) is 0 Å². The Labute approximate surface area is 88.7 Å². The Hall–Kier alpha value is -1.05. The van der Waals surface area contributed by atoms with Crippen LogP contribution < -0.4 is 5.32 Å². The van der Waals surface area contributed by atoms with Gasteiger partial charge in [-0.1, -0.05) is 23.6 Å². The Morgan fingerprint density at radius 2 is 2.14 bits per heavy atom. The van der Waals surface area contributed by atoms with E-state index in [1.807, 2.05) is 13.3 Å². The molecular formula is C10H13N3S. The van der Waals surface area contributed by atoms with Gasteiger partial charge in [-0.15, -0.1) is 0 Å². The van der Waals surface area contributed by atoms with Crippen LogP contribution in [0.3, 0.4) is 0 Å². The monoisotopic (exact) mass is 207 g/mol. The van der Waals surface area contributed by atoms with Crippen LogP contribution in [0.5, 0.6) is 0 Å². The van der Waals surface area contributed by atoms with Crippen molar-refractivity contribution in [3.8, 4) is 11.8 Å². The number of aromatic nitrogens is 2. The Balaban J connectivity index is 2.53. The van der Waals surface area contributed by atoms with Gasteiger partial charge in [0.2, 0.25) is 0 Å². The van der Waals surface area contributed by atoms with E-state index in [-0.39, 0.29) is 0 Å². The standard InChI is InChI=1S/C10H13N3S/c1-11-6-4-3-5-9-7-12-10(14-2)13-8-9/h7-8,11H,4,6H2,1-2H3. The van der Waals surface area contributed by atoms with Crippen molar-refractivity contribution >= 4 is 11.8 Å². The minimum absolute atomic E-state index is 0.783. The maximum Gasteiger partial charge on any atom is 0.187 e.